The third-order valence-electron chi connectivity index (χ3n) is 3.87. The van der Waals surface area contributed by atoms with Gasteiger partial charge < -0.3 is 9.47 Å². The van der Waals surface area contributed by atoms with Gasteiger partial charge in [0.1, 0.15) is 17.0 Å². The number of fused-ring (bicyclic) bond motifs is 1. The molecule has 3 rings (SSSR count). The lowest BCUT2D eigenvalue weighted by Crippen LogP contribution is -2.27. The van der Waals surface area contributed by atoms with Gasteiger partial charge in [0.25, 0.3) is 0 Å². The lowest BCUT2D eigenvalue weighted by atomic mass is 9.97. The van der Waals surface area contributed by atoms with Crippen molar-refractivity contribution in [1.29, 1.82) is 0 Å². The number of hydrogen-bond acceptors (Lipinski definition) is 7. The van der Waals surface area contributed by atoms with E-state index in [0.29, 0.717) is 15.8 Å². The molecule has 0 aliphatic rings. The maximum atomic E-state index is 13.3. The van der Waals surface area contributed by atoms with Crippen molar-refractivity contribution in [1.82, 2.24) is 9.97 Å². The highest BCUT2D eigenvalue weighted by molar-refractivity contribution is 7.17. The van der Waals surface area contributed by atoms with E-state index in [0.717, 1.165) is 5.56 Å². The molecule has 27 heavy (non-hydrogen) atoms. The van der Waals surface area contributed by atoms with E-state index < -0.39 is 17.9 Å². The van der Waals surface area contributed by atoms with Crippen LogP contribution in [-0.4, -0.2) is 35.1 Å². The van der Waals surface area contributed by atoms with E-state index in [-0.39, 0.29) is 24.7 Å². The predicted octanol–water partition coefficient (Wildman–Crippen LogP) is 3.71. The number of rotatable bonds is 6. The second-order valence-corrected chi connectivity index (χ2v) is 6.39. The molecule has 0 bridgehead atoms. The number of hydrogen-bond donors (Lipinski definition) is 0. The topological polar surface area (TPSA) is 78.4 Å². The number of esters is 2. The van der Waals surface area contributed by atoms with Crippen LogP contribution in [0, 0.1) is 5.82 Å². The summed E-state index contributed by atoms with van der Waals surface area (Å²) < 4.78 is 23.4. The van der Waals surface area contributed by atoms with Crippen LogP contribution in [0.5, 0.6) is 0 Å². The molecule has 0 atom stereocenters. The second kappa shape index (κ2) is 8.22. The van der Waals surface area contributed by atoms with Gasteiger partial charge in [-0.2, -0.15) is 0 Å². The fourth-order valence-corrected chi connectivity index (χ4v) is 3.65. The molecule has 0 amide bonds. The molecule has 0 aliphatic heterocycles. The van der Waals surface area contributed by atoms with Crippen molar-refractivity contribution in [2.45, 2.75) is 19.8 Å². The Kier molecular flexibility index (Phi) is 5.75. The Morgan fingerprint density at radius 1 is 1.07 bits per heavy atom. The van der Waals surface area contributed by atoms with Gasteiger partial charge >= 0.3 is 11.9 Å². The van der Waals surface area contributed by atoms with Crippen molar-refractivity contribution in [3.8, 4) is 11.1 Å². The summed E-state index contributed by atoms with van der Waals surface area (Å²) in [6, 6.07) is 5.93. The summed E-state index contributed by atoms with van der Waals surface area (Å²) in [5, 5.41) is 2.39. The highest BCUT2D eigenvalue weighted by atomic mass is 32.1. The molecule has 0 N–H and O–H groups in total. The summed E-state index contributed by atoms with van der Waals surface area (Å²) in [6.07, 6.45) is 1.30. The smallest absolute Gasteiger partial charge is 0.326 e. The van der Waals surface area contributed by atoms with Gasteiger partial charge in [0.2, 0.25) is 0 Å². The van der Waals surface area contributed by atoms with Gasteiger partial charge in [0.15, 0.2) is 5.92 Å². The first-order valence-electron chi connectivity index (χ1n) is 8.38. The van der Waals surface area contributed by atoms with Gasteiger partial charge in [-0.25, -0.2) is 14.4 Å². The first-order valence-corrected chi connectivity index (χ1v) is 9.26. The largest absolute Gasteiger partial charge is 0.465 e. The van der Waals surface area contributed by atoms with E-state index in [4.69, 9.17) is 9.47 Å². The molecule has 0 aliphatic carbocycles. The molecule has 2 heterocycles. The van der Waals surface area contributed by atoms with Gasteiger partial charge in [0, 0.05) is 16.3 Å². The van der Waals surface area contributed by atoms with Crippen molar-refractivity contribution in [3.63, 3.8) is 0 Å². The number of halogens is 1. The van der Waals surface area contributed by atoms with Crippen LogP contribution in [0.4, 0.5) is 4.39 Å². The normalized spacial score (nSPS) is 11.0. The van der Waals surface area contributed by atoms with E-state index >= 15 is 0 Å². The van der Waals surface area contributed by atoms with Crippen LogP contribution in [0.1, 0.15) is 25.5 Å². The average molecular weight is 388 g/mol. The molecule has 0 saturated heterocycles. The zero-order chi connectivity index (χ0) is 19.4. The lowest BCUT2D eigenvalue weighted by Gasteiger charge is -2.15. The Hall–Kier alpha value is -2.87. The summed E-state index contributed by atoms with van der Waals surface area (Å²) in [7, 11) is 0. The molecular weight excluding hydrogens is 371 g/mol. The average Bonchev–Trinajstić information content (AvgIpc) is 3.08. The fourth-order valence-electron chi connectivity index (χ4n) is 2.73. The minimum Gasteiger partial charge on any atom is -0.465 e. The van der Waals surface area contributed by atoms with Crippen molar-refractivity contribution in [3.05, 3.63) is 47.5 Å². The SMILES string of the molecule is CCOC(=O)C(C(=O)OCC)c1ncnc2scc(-c3ccc(F)cc3)c12. The molecule has 1 aromatic carbocycles. The van der Waals surface area contributed by atoms with Gasteiger partial charge in [0.05, 0.1) is 18.9 Å². The van der Waals surface area contributed by atoms with E-state index in [9.17, 15) is 14.0 Å². The maximum Gasteiger partial charge on any atom is 0.326 e. The molecule has 0 fully saturated rings. The second-order valence-electron chi connectivity index (χ2n) is 5.53. The van der Waals surface area contributed by atoms with Crippen LogP contribution in [0.2, 0.25) is 0 Å². The van der Waals surface area contributed by atoms with Crippen molar-refractivity contribution < 1.29 is 23.5 Å². The first-order chi connectivity index (χ1) is 13.1. The summed E-state index contributed by atoms with van der Waals surface area (Å²) in [4.78, 5) is 34.0. The van der Waals surface area contributed by atoms with E-state index in [2.05, 4.69) is 9.97 Å². The summed E-state index contributed by atoms with van der Waals surface area (Å²) in [5.74, 6) is -3.13. The van der Waals surface area contributed by atoms with Crippen molar-refractivity contribution in [2.75, 3.05) is 13.2 Å². The molecule has 0 radical (unpaired) electrons. The van der Waals surface area contributed by atoms with Gasteiger partial charge in [-0.15, -0.1) is 11.3 Å². The standard InChI is InChI=1S/C19H17FN2O4S/c1-3-25-18(23)15(19(24)26-4-2)16-14-13(9-27-17(14)22-10-21-16)11-5-7-12(20)8-6-11/h5-10,15H,3-4H2,1-2H3. The third-order valence-corrected chi connectivity index (χ3v) is 4.76. The van der Waals surface area contributed by atoms with Crippen LogP contribution < -0.4 is 0 Å². The van der Waals surface area contributed by atoms with Gasteiger partial charge in [-0.05, 0) is 31.5 Å². The lowest BCUT2D eigenvalue weighted by molar-refractivity contribution is -0.157. The Labute approximate surface area is 159 Å². The Morgan fingerprint density at radius 2 is 1.70 bits per heavy atom. The Bertz CT molecular complexity index is 954. The Balaban J connectivity index is 2.19. The number of ether oxygens (including phenoxy) is 2. The van der Waals surface area contributed by atoms with Crippen LogP contribution >= 0.6 is 11.3 Å². The van der Waals surface area contributed by atoms with Crippen molar-refractivity contribution >= 4 is 33.5 Å². The van der Waals surface area contributed by atoms with Gasteiger partial charge in [-0.3, -0.25) is 9.59 Å². The van der Waals surface area contributed by atoms with Crippen LogP contribution in [-0.2, 0) is 19.1 Å². The first kappa shape index (κ1) is 18.9. The van der Waals surface area contributed by atoms with Crippen LogP contribution in [0.15, 0.2) is 36.0 Å². The molecule has 140 valence electrons. The molecule has 8 heteroatoms. The fraction of sp³-hybridized carbons (Fsp3) is 0.263. The highest BCUT2D eigenvalue weighted by Crippen LogP contribution is 2.37. The quantitative estimate of drug-likeness (QED) is 0.473. The minimum absolute atomic E-state index is 0.122. The van der Waals surface area contributed by atoms with Crippen LogP contribution in [0.3, 0.4) is 0 Å². The molecule has 3 aromatic rings. The van der Waals surface area contributed by atoms with Crippen molar-refractivity contribution in [2.24, 2.45) is 0 Å². The zero-order valence-corrected chi connectivity index (χ0v) is 15.6. The molecule has 0 saturated carbocycles. The molecule has 0 unspecified atom stereocenters. The number of nitrogens with zero attached hydrogens (tertiary/aromatic N) is 2. The Morgan fingerprint density at radius 3 is 2.30 bits per heavy atom. The zero-order valence-electron chi connectivity index (χ0n) is 14.8. The summed E-state index contributed by atoms with van der Waals surface area (Å²) in [6.45, 7) is 3.56. The summed E-state index contributed by atoms with van der Waals surface area (Å²) in [5.41, 5.74) is 1.66. The van der Waals surface area contributed by atoms with E-state index in [1.54, 1.807) is 26.0 Å². The number of thiophene rings is 1. The van der Waals surface area contributed by atoms with Gasteiger partial charge in [-0.1, -0.05) is 12.1 Å². The summed E-state index contributed by atoms with van der Waals surface area (Å²) >= 11 is 1.35. The predicted molar refractivity (Wildman–Crippen MR) is 98.8 cm³/mol. The third kappa shape index (κ3) is 3.80. The monoisotopic (exact) mass is 388 g/mol. The number of aromatic nitrogens is 2. The number of carbonyl (C=O) groups excluding carboxylic acids is 2. The molecule has 6 nitrogen and oxygen atoms in total. The minimum atomic E-state index is -1.32. The van der Waals surface area contributed by atoms with E-state index in [1.165, 1.54) is 29.8 Å². The number of carbonyl (C=O) groups is 2. The van der Waals surface area contributed by atoms with E-state index in [1.807, 2.05) is 5.38 Å². The maximum absolute atomic E-state index is 13.3. The molecule has 2 aromatic heterocycles. The highest BCUT2D eigenvalue weighted by Gasteiger charge is 2.35. The number of benzene rings is 1. The van der Waals surface area contributed by atoms with Crippen LogP contribution in [0.25, 0.3) is 21.3 Å². The molecular formula is C19H17FN2O4S. The molecule has 0 spiro atoms.